The highest BCUT2D eigenvalue weighted by Crippen LogP contribution is 2.43. The molecule has 10 N–H and O–H groups in total. The number of hydrogen-bond donors (Lipinski definition) is 10. The van der Waals surface area contributed by atoms with Gasteiger partial charge < -0.3 is 74.4 Å². The highest BCUT2D eigenvalue weighted by atomic mass is 16.7. The summed E-state index contributed by atoms with van der Waals surface area (Å²) in [6.45, 7) is 0.940. The molecule has 2 aliphatic rings. The van der Waals surface area contributed by atoms with Crippen molar-refractivity contribution in [3.8, 4) is 45.8 Å². The summed E-state index contributed by atoms with van der Waals surface area (Å²) in [5, 5.41) is 101. The molecule has 3 unspecified atom stereocenters. The van der Waals surface area contributed by atoms with E-state index in [1.165, 1.54) is 6.92 Å². The van der Waals surface area contributed by atoms with Gasteiger partial charge in [-0.15, -0.1) is 0 Å². The summed E-state index contributed by atoms with van der Waals surface area (Å²) in [4.78, 5) is 13.6. The molecule has 3 aromatic rings. The Labute approximate surface area is 235 Å². The first-order valence-corrected chi connectivity index (χ1v) is 12.6. The number of rotatable bonds is 5. The molecular formula is C26H28O16. The SMILES string of the molecule is CC1O[C@@H](Oc2c(-c3cc(O)c(O)c(O)c3)oc3cc(O)cc(O)c3c2=O)[C@@H](O)C(O[C@@H]2OC[C@@H](O)[C@H](O)C2O)[C@H]1O. The zero-order valence-electron chi connectivity index (χ0n) is 21.6. The highest BCUT2D eigenvalue weighted by molar-refractivity contribution is 5.88. The fourth-order valence-electron chi connectivity index (χ4n) is 4.73. The lowest BCUT2D eigenvalue weighted by molar-refractivity contribution is -0.336. The lowest BCUT2D eigenvalue weighted by Crippen LogP contribution is -2.62. The number of phenols is 5. The third-order valence-corrected chi connectivity index (χ3v) is 7.01. The second-order valence-corrected chi connectivity index (χ2v) is 9.95. The van der Waals surface area contributed by atoms with Crippen molar-refractivity contribution in [1.82, 2.24) is 0 Å². The molecule has 2 saturated heterocycles. The minimum Gasteiger partial charge on any atom is -0.508 e. The van der Waals surface area contributed by atoms with Gasteiger partial charge in [-0.1, -0.05) is 0 Å². The first-order valence-electron chi connectivity index (χ1n) is 12.6. The van der Waals surface area contributed by atoms with Crippen LogP contribution in [-0.4, -0.2) is 113 Å². The quantitative estimate of drug-likeness (QED) is 0.153. The molecule has 9 atom stereocenters. The molecule has 42 heavy (non-hydrogen) atoms. The van der Waals surface area contributed by atoms with Crippen LogP contribution < -0.4 is 10.2 Å². The monoisotopic (exact) mass is 596 g/mol. The van der Waals surface area contributed by atoms with Crippen molar-refractivity contribution in [1.29, 1.82) is 0 Å². The zero-order valence-corrected chi connectivity index (χ0v) is 21.6. The van der Waals surface area contributed by atoms with E-state index in [9.17, 15) is 55.9 Å². The van der Waals surface area contributed by atoms with Crippen molar-refractivity contribution < 1.29 is 74.4 Å². The average Bonchev–Trinajstić information content (AvgIpc) is 2.93. The minimum atomic E-state index is -1.91. The zero-order chi connectivity index (χ0) is 30.6. The molecular weight excluding hydrogens is 568 g/mol. The van der Waals surface area contributed by atoms with E-state index in [-0.39, 0.29) is 11.1 Å². The summed E-state index contributed by atoms with van der Waals surface area (Å²) < 4.78 is 27.7. The van der Waals surface area contributed by atoms with Gasteiger partial charge in [-0.3, -0.25) is 4.79 Å². The maximum atomic E-state index is 13.6. The second kappa shape index (κ2) is 11.1. The number of aromatic hydroxyl groups is 5. The Morgan fingerprint density at radius 2 is 1.48 bits per heavy atom. The number of phenolic OH excluding ortho intramolecular Hbond substituents is 5. The van der Waals surface area contributed by atoms with E-state index in [1.807, 2.05) is 0 Å². The predicted octanol–water partition coefficient (Wildman–Crippen LogP) is -1.34. The van der Waals surface area contributed by atoms with E-state index >= 15 is 0 Å². The Bertz CT molecular complexity index is 1510. The van der Waals surface area contributed by atoms with E-state index in [2.05, 4.69) is 0 Å². The molecule has 0 amide bonds. The number of aliphatic hydroxyl groups is 5. The summed E-state index contributed by atoms with van der Waals surface area (Å²) in [5.41, 5.74) is -1.62. The van der Waals surface area contributed by atoms with Crippen LogP contribution in [0, 0.1) is 0 Å². The first kappa shape index (κ1) is 29.6. The fourth-order valence-corrected chi connectivity index (χ4v) is 4.73. The van der Waals surface area contributed by atoms with Crippen molar-refractivity contribution in [3.63, 3.8) is 0 Å². The first-order chi connectivity index (χ1) is 19.8. The van der Waals surface area contributed by atoms with Gasteiger partial charge in [0.25, 0.3) is 0 Å². The molecule has 0 saturated carbocycles. The summed E-state index contributed by atoms with van der Waals surface area (Å²) in [5.74, 6) is -4.91. The smallest absolute Gasteiger partial charge is 0.239 e. The van der Waals surface area contributed by atoms with E-state index in [4.69, 9.17) is 23.4 Å². The molecule has 0 spiro atoms. The summed E-state index contributed by atoms with van der Waals surface area (Å²) >= 11 is 0. The van der Waals surface area contributed by atoms with Gasteiger partial charge in [0.1, 0.15) is 59.1 Å². The van der Waals surface area contributed by atoms with Gasteiger partial charge in [-0.25, -0.2) is 0 Å². The molecule has 0 aliphatic carbocycles. The number of hydrogen-bond acceptors (Lipinski definition) is 16. The standard InChI is InChI=1S/C26H28O16/c1-7-16(32)23(41-25-20(36)18(34)13(31)6-38-25)21(37)26(39-7)42-24-19(35)15-10(28)4-9(27)5-14(15)40-22(24)8-2-11(29)17(33)12(30)3-8/h2-5,7,13,16,18,20-21,23,25-34,36-37H,6H2,1H3/t7?,13-,16+,18+,20?,21+,23?,25+,26+/m1/s1. The molecule has 228 valence electrons. The Kier molecular flexibility index (Phi) is 7.82. The summed E-state index contributed by atoms with van der Waals surface area (Å²) in [6, 6.07) is 3.67. The van der Waals surface area contributed by atoms with Gasteiger partial charge >= 0.3 is 0 Å². The summed E-state index contributed by atoms with van der Waals surface area (Å²) in [7, 11) is 0. The van der Waals surface area contributed by atoms with Gasteiger partial charge in [-0.2, -0.15) is 0 Å². The lowest BCUT2D eigenvalue weighted by atomic mass is 9.98. The third kappa shape index (κ3) is 5.14. The van der Waals surface area contributed by atoms with Crippen LogP contribution >= 0.6 is 0 Å². The lowest BCUT2D eigenvalue weighted by Gasteiger charge is -2.44. The third-order valence-electron chi connectivity index (χ3n) is 7.01. The Hall–Kier alpha value is -3.87. The molecule has 16 nitrogen and oxygen atoms in total. The van der Waals surface area contributed by atoms with Gasteiger partial charge in [0.2, 0.25) is 17.5 Å². The van der Waals surface area contributed by atoms with Crippen molar-refractivity contribution in [2.75, 3.05) is 6.61 Å². The van der Waals surface area contributed by atoms with E-state index < -0.39 is 113 Å². The van der Waals surface area contributed by atoms with Gasteiger partial charge in [0.05, 0.1) is 12.7 Å². The van der Waals surface area contributed by atoms with Gasteiger partial charge in [0, 0.05) is 17.7 Å². The topological polar surface area (TPSA) is 269 Å². The summed E-state index contributed by atoms with van der Waals surface area (Å²) in [6.07, 6.45) is -14.4. The van der Waals surface area contributed by atoms with E-state index in [0.717, 1.165) is 24.3 Å². The van der Waals surface area contributed by atoms with Crippen molar-refractivity contribution >= 4 is 11.0 Å². The molecule has 2 aromatic carbocycles. The molecule has 0 radical (unpaired) electrons. The van der Waals surface area contributed by atoms with Crippen molar-refractivity contribution in [3.05, 3.63) is 34.5 Å². The molecule has 0 bridgehead atoms. The van der Waals surface area contributed by atoms with Gasteiger partial charge in [0.15, 0.2) is 29.3 Å². The maximum Gasteiger partial charge on any atom is 0.239 e. The number of ether oxygens (including phenoxy) is 4. The average molecular weight is 596 g/mol. The number of aliphatic hydroxyl groups excluding tert-OH is 5. The molecule has 3 heterocycles. The van der Waals surface area contributed by atoms with Crippen LogP contribution in [0.1, 0.15) is 6.92 Å². The van der Waals surface area contributed by atoms with E-state index in [1.54, 1.807) is 0 Å². The molecule has 1 aromatic heterocycles. The highest BCUT2D eigenvalue weighted by Gasteiger charge is 2.49. The number of fused-ring (bicyclic) bond motifs is 1. The van der Waals surface area contributed by atoms with E-state index in [0.29, 0.717) is 0 Å². The fraction of sp³-hybridized carbons (Fsp3) is 0.423. The minimum absolute atomic E-state index is 0.225. The van der Waals surface area contributed by atoms with Crippen LogP contribution in [-0.2, 0) is 14.2 Å². The van der Waals surface area contributed by atoms with Crippen LogP contribution in [0.15, 0.2) is 33.5 Å². The molecule has 2 aliphatic heterocycles. The molecule has 16 heteroatoms. The van der Waals surface area contributed by atoms with Crippen molar-refractivity contribution in [2.24, 2.45) is 0 Å². The second-order valence-electron chi connectivity index (χ2n) is 9.95. The van der Waals surface area contributed by atoms with Crippen LogP contribution in [0.25, 0.3) is 22.3 Å². The number of benzene rings is 2. The van der Waals surface area contributed by atoms with Crippen LogP contribution in [0.5, 0.6) is 34.5 Å². The Balaban J connectivity index is 1.56. The van der Waals surface area contributed by atoms with Crippen LogP contribution in [0.3, 0.4) is 0 Å². The Morgan fingerprint density at radius 3 is 2.14 bits per heavy atom. The predicted molar refractivity (Wildman–Crippen MR) is 136 cm³/mol. The normalized spacial score (nSPS) is 31.7. The van der Waals surface area contributed by atoms with Crippen molar-refractivity contribution in [2.45, 2.75) is 62.2 Å². The van der Waals surface area contributed by atoms with Gasteiger partial charge in [-0.05, 0) is 19.1 Å². The largest absolute Gasteiger partial charge is 0.508 e. The van der Waals surface area contributed by atoms with Crippen LogP contribution in [0.4, 0.5) is 0 Å². The molecule has 2 fully saturated rings. The molecule has 5 rings (SSSR count). The maximum absolute atomic E-state index is 13.6. The Morgan fingerprint density at radius 1 is 0.810 bits per heavy atom. The van der Waals surface area contributed by atoms with Crippen LogP contribution in [0.2, 0.25) is 0 Å².